The van der Waals surface area contributed by atoms with E-state index in [-0.39, 0.29) is 12.4 Å². The molecule has 2 atom stereocenters. The van der Waals surface area contributed by atoms with E-state index in [1.807, 2.05) is 6.07 Å². The van der Waals surface area contributed by atoms with Crippen LogP contribution in [0.15, 0.2) is 12.1 Å². The van der Waals surface area contributed by atoms with E-state index in [1.165, 1.54) is 0 Å². The van der Waals surface area contributed by atoms with E-state index >= 15 is 0 Å². The largest absolute Gasteiger partial charge is 0.493 e. The Balaban J connectivity index is 0.00000441. The SMILES string of the molecule is COc1ccc([C@H](N)[C@H](O)CCC(C)C)c(OC)c1OC.Cl. The summed E-state index contributed by atoms with van der Waals surface area (Å²) in [6.07, 6.45) is 0.945. The monoisotopic (exact) mass is 333 g/mol. The van der Waals surface area contributed by atoms with Crippen molar-refractivity contribution >= 4 is 12.4 Å². The molecule has 1 rings (SSSR count). The highest BCUT2D eigenvalue weighted by Crippen LogP contribution is 2.42. The van der Waals surface area contributed by atoms with Crippen molar-refractivity contribution in [1.29, 1.82) is 0 Å². The van der Waals surface area contributed by atoms with Crippen LogP contribution in [0.5, 0.6) is 17.2 Å². The molecule has 0 spiro atoms. The Bertz CT molecular complexity index is 454. The molecule has 0 fully saturated rings. The van der Waals surface area contributed by atoms with E-state index in [1.54, 1.807) is 27.4 Å². The number of hydrogen-bond donors (Lipinski definition) is 2. The molecule has 0 heterocycles. The second-order valence-electron chi connectivity index (χ2n) is 5.49. The summed E-state index contributed by atoms with van der Waals surface area (Å²) in [5.41, 5.74) is 6.90. The molecule has 6 heteroatoms. The summed E-state index contributed by atoms with van der Waals surface area (Å²) >= 11 is 0. The topological polar surface area (TPSA) is 73.9 Å². The molecule has 0 saturated heterocycles. The number of halogens is 1. The Kier molecular flexibility index (Phi) is 9.25. The van der Waals surface area contributed by atoms with Gasteiger partial charge in [0.25, 0.3) is 0 Å². The molecular weight excluding hydrogens is 306 g/mol. The summed E-state index contributed by atoms with van der Waals surface area (Å²) in [6.45, 7) is 4.24. The first kappa shape index (κ1) is 20.8. The smallest absolute Gasteiger partial charge is 0.203 e. The van der Waals surface area contributed by atoms with Gasteiger partial charge in [-0.25, -0.2) is 0 Å². The minimum Gasteiger partial charge on any atom is -0.493 e. The maximum absolute atomic E-state index is 10.3. The molecule has 0 amide bonds. The molecule has 3 N–H and O–H groups in total. The van der Waals surface area contributed by atoms with Crippen LogP contribution in [0.2, 0.25) is 0 Å². The van der Waals surface area contributed by atoms with Crippen LogP contribution < -0.4 is 19.9 Å². The lowest BCUT2D eigenvalue weighted by molar-refractivity contribution is 0.127. The first-order valence-electron chi connectivity index (χ1n) is 7.18. The fourth-order valence-corrected chi connectivity index (χ4v) is 2.28. The number of nitrogens with two attached hydrogens (primary N) is 1. The van der Waals surface area contributed by atoms with Crippen LogP contribution in [0, 0.1) is 5.92 Å². The average Bonchev–Trinajstić information content (AvgIpc) is 2.49. The molecule has 0 aromatic heterocycles. The molecule has 0 aliphatic heterocycles. The van der Waals surface area contributed by atoms with Gasteiger partial charge in [-0.3, -0.25) is 0 Å². The summed E-state index contributed by atoms with van der Waals surface area (Å²) in [5.74, 6) is 2.10. The van der Waals surface area contributed by atoms with Crippen molar-refractivity contribution in [3.8, 4) is 17.2 Å². The zero-order valence-electron chi connectivity index (χ0n) is 14.0. The van der Waals surface area contributed by atoms with Gasteiger partial charge in [-0.15, -0.1) is 12.4 Å². The summed E-state index contributed by atoms with van der Waals surface area (Å²) in [6, 6.07) is 3.05. The van der Waals surface area contributed by atoms with Crippen molar-refractivity contribution in [2.24, 2.45) is 11.7 Å². The zero-order chi connectivity index (χ0) is 16.0. The van der Waals surface area contributed by atoms with Crippen LogP contribution >= 0.6 is 12.4 Å². The van der Waals surface area contributed by atoms with E-state index < -0.39 is 12.1 Å². The van der Waals surface area contributed by atoms with Crippen LogP contribution in [-0.4, -0.2) is 32.5 Å². The normalized spacial score (nSPS) is 13.3. The van der Waals surface area contributed by atoms with Crippen LogP contribution in [0.25, 0.3) is 0 Å². The molecule has 0 saturated carbocycles. The Morgan fingerprint density at radius 2 is 1.59 bits per heavy atom. The summed E-state index contributed by atoms with van der Waals surface area (Å²) in [5, 5.41) is 10.3. The quantitative estimate of drug-likeness (QED) is 0.765. The molecule has 0 aliphatic carbocycles. The van der Waals surface area contributed by atoms with Gasteiger partial charge in [0.15, 0.2) is 11.5 Å². The van der Waals surface area contributed by atoms with Crippen LogP contribution in [0.4, 0.5) is 0 Å². The van der Waals surface area contributed by atoms with Crippen molar-refractivity contribution in [3.63, 3.8) is 0 Å². The maximum atomic E-state index is 10.3. The lowest BCUT2D eigenvalue weighted by Crippen LogP contribution is -2.27. The second-order valence-corrected chi connectivity index (χ2v) is 5.49. The van der Waals surface area contributed by atoms with E-state index in [4.69, 9.17) is 19.9 Å². The van der Waals surface area contributed by atoms with E-state index in [0.29, 0.717) is 35.2 Å². The van der Waals surface area contributed by atoms with Crippen molar-refractivity contribution < 1.29 is 19.3 Å². The molecule has 1 aromatic carbocycles. The van der Waals surface area contributed by atoms with Gasteiger partial charge >= 0.3 is 0 Å². The first-order chi connectivity index (χ1) is 9.96. The summed E-state index contributed by atoms with van der Waals surface area (Å²) in [7, 11) is 4.66. The van der Waals surface area contributed by atoms with Gasteiger partial charge in [0, 0.05) is 5.56 Å². The third kappa shape index (κ3) is 4.93. The third-order valence-corrected chi connectivity index (χ3v) is 3.55. The van der Waals surface area contributed by atoms with Crippen molar-refractivity contribution in [1.82, 2.24) is 0 Å². The molecule has 0 aliphatic rings. The van der Waals surface area contributed by atoms with Gasteiger partial charge < -0.3 is 25.1 Å². The summed E-state index contributed by atoms with van der Waals surface area (Å²) in [4.78, 5) is 0. The predicted octanol–water partition coefficient (Wildman–Crippen LogP) is 2.93. The molecule has 128 valence electrons. The Labute approximate surface area is 139 Å². The molecule has 5 nitrogen and oxygen atoms in total. The molecule has 22 heavy (non-hydrogen) atoms. The number of rotatable bonds is 8. The Morgan fingerprint density at radius 1 is 1.00 bits per heavy atom. The maximum Gasteiger partial charge on any atom is 0.203 e. The van der Waals surface area contributed by atoms with Crippen molar-refractivity contribution in [2.75, 3.05) is 21.3 Å². The highest BCUT2D eigenvalue weighted by molar-refractivity contribution is 5.85. The highest BCUT2D eigenvalue weighted by atomic mass is 35.5. The van der Waals surface area contributed by atoms with E-state index in [0.717, 1.165) is 6.42 Å². The van der Waals surface area contributed by atoms with Gasteiger partial charge in [-0.2, -0.15) is 0 Å². The number of aliphatic hydroxyl groups is 1. The Morgan fingerprint density at radius 3 is 2.05 bits per heavy atom. The molecule has 0 radical (unpaired) electrons. The van der Waals surface area contributed by atoms with Gasteiger partial charge in [-0.05, 0) is 30.9 Å². The first-order valence-corrected chi connectivity index (χ1v) is 7.18. The third-order valence-electron chi connectivity index (χ3n) is 3.55. The van der Waals surface area contributed by atoms with E-state index in [9.17, 15) is 5.11 Å². The number of benzene rings is 1. The lowest BCUT2D eigenvalue weighted by atomic mass is 9.95. The number of hydrogen-bond acceptors (Lipinski definition) is 5. The fraction of sp³-hybridized carbons (Fsp3) is 0.625. The minimum absolute atomic E-state index is 0. The van der Waals surface area contributed by atoms with Crippen LogP contribution in [-0.2, 0) is 0 Å². The van der Waals surface area contributed by atoms with Crippen LogP contribution in [0.3, 0.4) is 0 Å². The predicted molar refractivity (Wildman–Crippen MR) is 90.4 cm³/mol. The van der Waals surface area contributed by atoms with Gasteiger partial charge in [0.2, 0.25) is 5.75 Å². The lowest BCUT2D eigenvalue weighted by Gasteiger charge is -2.23. The van der Waals surface area contributed by atoms with Gasteiger partial charge in [0.1, 0.15) is 0 Å². The highest BCUT2D eigenvalue weighted by Gasteiger charge is 2.24. The van der Waals surface area contributed by atoms with Gasteiger partial charge in [0.05, 0.1) is 33.5 Å². The molecule has 0 unspecified atom stereocenters. The number of ether oxygens (including phenoxy) is 3. The summed E-state index contributed by atoms with van der Waals surface area (Å²) < 4.78 is 16.0. The minimum atomic E-state index is -0.626. The average molecular weight is 334 g/mol. The van der Waals surface area contributed by atoms with Gasteiger partial charge in [-0.1, -0.05) is 13.8 Å². The zero-order valence-corrected chi connectivity index (χ0v) is 14.8. The number of methoxy groups -OCH3 is 3. The Hall–Kier alpha value is -1.17. The number of aliphatic hydroxyl groups excluding tert-OH is 1. The van der Waals surface area contributed by atoms with Crippen molar-refractivity contribution in [2.45, 2.75) is 38.8 Å². The van der Waals surface area contributed by atoms with Crippen LogP contribution in [0.1, 0.15) is 38.3 Å². The second kappa shape index (κ2) is 9.77. The molecule has 1 aromatic rings. The fourth-order valence-electron chi connectivity index (χ4n) is 2.28. The molecular formula is C16H28ClNO4. The van der Waals surface area contributed by atoms with E-state index in [2.05, 4.69) is 13.8 Å². The van der Waals surface area contributed by atoms with Crippen molar-refractivity contribution in [3.05, 3.63) is 17.7 Å². The molecule has 0 bridgehead atoms. The standard InChI is InChI=1S/C16H27NO4.ClH/c1-10(2)6-8-12(18)14(17)11-7-9-13(19-3)16(21-5)15(11)20-4;/h7,9-10,12,14,18H,6,8,17H2,1-5H3;1H/t12-,14+;/m1./s1.